The number of hydrogen-bond acceptors (Lipinski definition) is 3. The van der Waals surface area contributed by atoms with Crippen molar-refractivity contribution >= 4 is 5.69 Å². The molecule has 3 heterocycles. The number of para-hydroxylation sites is 2. The number of hydrogen-bond donors (Lipinski definition) is 0. The van der Waals surface area contributed by atoms with Crippen molar-refractivity contribution in [2.24, 2.45) is 17.8 Å². The van der Waals surface area contributed by atoms with Crippen LogP contribution in [0.1, 0.15) is 67.6 Å². The Morgan fingerprint density at radius 2 is 1.72 bits per heavy atom. The van der Waals surface area contributed by atoms with E-state index in [2.05, 4.69) is 163 Å². The third kappa shape index (κ3) is 5.38. The number of allylic oxidation sites excluding steroid dienone is 10. The molecule has 10 rings (SSSR count). The van der Waals surface area contributed by atoms with E-state index in [0.29, 0.717) is 11.8 Å². The first-order chi connectivity index (χ1) is 26.7. The van der Waals surface area contributed by atoms with Crippen LogP contribution in [0.5, 0.6) is 11.5 Å². The molecular formula is C51H47NO2. The molecule has 0 saturated carbocycles. The Balaban J connectivity index is 1.12. The van der Waals surface area contributed by atoms with Gasteiger partial charge in [-0.2, -0.15) is 0 Å². The minimum atomic E-state index is -0.0268. The van der Waals surface area contributed by atoms with E-state index >= 15 is 0 Å². The second kappa shape index (κ2) is 13.8. The Hall–Kier alpha value is -5.30. The summed E-state index contributed by atoms with van der Waals surface area (Å²) in [5, 5.41) is 0. The first-order valence-corrected chi connectivity index (χ1v) is 20.0. The van der Waals surface area contributed by atoms with Crippen molar-refractivity contribution < 1.29 is 9.47 Å². The lowest BCUT2D eigenvalue weighted by Gasteiger charge is -2.52. The fourth-order valence-electron chi connectivity index (χ4n) is 10.8. The Labute approximate surface area is 320 Å². The number of fused-ring (bicyclic) bond motifs is 5. The van der Waals surface area contributed by atoms with E-state index < -0.39 is 0 Å². The van der Waals surface area contributed by atoms with Gasteiger partial charge in [0.1, 0.15) is 11.5 Å². The largest absolute Gasteiger partial charge is 0.457 e. The second-order valence-corrected chi connectivity index (χ2v) is 15.8. The normalized spacial score (nSPS) is 31.4. The molecule has 9 atom stereocenters. The van der Waals surface area contributed by atoms with E-state index in [1.54, 1.807) is 0 Å². The highest BCUT2D eigenvalue weighted by Crippen LogP contribution is 2.59. The minimum absolute atomic E-state index is 0.0268. The SMILES string of the molecule is C#CC1c2cccc(-c3ccc4c(c3)Oc3ccccc3C4C3C4CCC=CC4OC4C=CC=C(C5=CC=CCC5)C43)c2N(C2C=CC=CC2)C1/C=C\C. The molecule has 54 heavy (non-hydrogen) atoms. The third-order valence-corrected chi connectivity index (χ3v) is 13.0. The fraction of sp³-hybridized carbons (Fsp3) is 0.294. The Bertz CT molecular complexity index is 2270. The molecule has 3 aromatic rings. The van der Waals surface area contributed by atoms with Crippen LogP contribution in [0, 0.1) is 30.1 Å². The summed E-state index contributed by atoms with van der Waals surface area (Å²) in [4.78, 5) is 2.58. The maximum Gasteiger partial charge on any atom is 0.131 e. The van der Waals surface area contributed by atoms with Gasteiger partial charge in [-0.05, 0) is 85.3 Å². The zero-order chi connectivity index (χ0) is 36.2. The topological polar surface area (TPSA) is 21.7 Å². The molecule has 9 unspecified atom stereocenters. The molecule has 0 N–H and O–H groups in total. The number of ether oxygens (including phenoxy) is 2. The molecule has 1 saturated heterocycles. The Morgan fingerprint density at radius 3 is 2.57 bits per heavy atom. The van der Waals surface area contributed by atoms with Crippen molar-refractivity contribution in [2.75, 3.05) is 4.90 Å². The number of terminal acetylenes is 1. The standard InChI is InChI=1S/C51H47NO2/c1-3-17-43-36(4-2)39-26-15-25-38(51(39)52(43)35-20-9-6-10-21-35)34-30-31-42-47(32-34)54-44-27-13-11-22-40(44)48(42)50-41-23-12-14-28-45(41)53-46-29-16-24-37(49(46)50)33-18-7-5-8-19-33/h2-3,5-7,9-11,13-18,20,22,24-32,35-36,41,43,45-46,48-50H,8,12,19,21,23H2,1H3/b17-3-. The predicted octanol–water partition coefficient (Wildman–Crippen LogP) is 11.7. The van der Waals surface area contributed by atoms with Crippen LogP contribution in [0.25, 0.3) is 11.1 Å². The van der Waals surface area contributed by atoms with E-state index in [9.17, 15) is 0 Å². The molecule has 0 bridgehead atoms. The Kier molecular flexibility index (Phi) is 8.53. The van der Waals surface area contributed by atoms with Gasteiger partial charge in [0, 0.05) is 28.5 Å². The van der Waals surface area contributed by atoms with Crippen LogP contribution >= 0.6 is 0 Å². The summed E-state index contributed by atoms with van der Waals surface area (Å²) in [7, 11) is 0. The van der Waals surface area contributed by atoms with Crippen LogP contribution in [-0.4, -0.2) is 24.3 Å². The lowest BCUT2D eigenvalue weighted by Crippen LogP contribution is -2.51. The first kappa shape index (κ1) is 33.3. The minimum Gasteiger partial charge on any atom is -0.457 e. The molecule has 0 amide bonds. The van der Waals surface area contributed by atoms with Gasteiger partial charge in [0.05, 0.1) is 35.9 Å². The van der Waals surface area contributed by atoms with Crippen LogP contribution < -0.4 is 9.64 Å². The van der Waals surface area contributed by atoms with Crippen molar-refractivity contribution in [1.82, 2.24) is 0 Å². The first-order valence-electron chi connectivity index (χ1n) is 20.0. The molecule has 3 aliphatic heterocycles. The molecular weight excluding hydrogens is 659 g/mol. The summed E-state index contributed by atoms with van der Waals surface area (Å²) < 4.78 is 14.0. The van der Waals surface area contributed by atoms with E-state index in [4.69, 9.17) is 15.9 Å². The summed E-state index contributed by atoms with van der Waals surface area (Å²) in [5.41, 5.74) is 10.3. The van der Waals surface area contributed by atoms with Crippen LogP contribution in [0.15, 0.2) is 157 Å². The summed E-state index contributed by atoms with van der Waals surface area (Å²) in [5.74, 6) is 6.21. The summed E-state index contributed by atoms with van der Waals surface area (Å²) in [6.45, 7) is 2.10. The average molecular weight is 706 g/mol. The van der Waals surface area contributed by atoms with Crippen LogP contribution in [0.4, 0.5) is 5.69 Å². The number of nitrogens with zero attached hydrogens (tertiary/aromatic N) is 1. The third-order valence-electron chi connectivity index (χ3n) is 13.0. The van der Waals surface area contributed by atoms with Crippen LogP contribution in [0.2, 0.25) is 0 Å². The molecule has 1 fully saturated rings. The summed E-state index contributed by atoms with van der Waals surface area (Å²) in [6.07, 6.45) is 43.6. The highest BCUT2D eigenvalue weighted by atomic mass is 16.5. The maximum absolute atomic E-state index is 7.01. The molecule has 3 aromatic carbocycles. The quantitative estimate of drug-likeness (QED) is 0.195. The molecule has 4 aliphatic carbocycles. The van der Waals surface area contributed by atoms with Crippen LogP contribution in [-0.2, 0) is 4.74 Å². The van der Waals surface area contributed by atoms with Gasteiger partial charge in [-0.3, -0.25) is 0 Å². The van der Waals surface area contributed by atoms with E-state index in [1.807, 2.05) is 0 Å². The van der Waals surface area contributed by atoms with Gasteiger partial charge in [-0.25, -0.2) is 0 Å². The van der Waals surface area contributed by atoms with Gasteiger partial charge >= 0.3 is 0 Å². The van der Waals surface area contributed by atoms with Crippen molar-refractivity contribution in [3.63, 3.8) is 0 Å². The lowest BCUT2D eigenvalue weighted by atomic mass is 9.58. The maximum atomic E-state index is 7.01. The number of benzene rings is 3. The average Bonchev–Trinajstić information content (AvgIpc) is 3.55. The monoisotopic (exact) mass is 705 g/mol. The Morgan fingerprint density at radius 1 is 0.815 bits per heavy atom. The van der Waals surface area contributed by atoms with Crippen LogP contribution in [0.3, 0.4) is 0 Å². The lowest BCUT2D eigenvalue weighted by molar-refractivity contribution is -0.104. The van der Waals surface area contributed by atoms with Gasteiger partial charge in [0.15, 0.2) is 0 Å². The van der Waals surface area contributed by atoms with E-state index in [1.165, 1.54) is 39.1 Å². The molecule has 268 valence electrons. The van der Waals surface area contributed by atoms with Gasteiger partial charge in [-0.15, -0.1) is 6.42 Å². The number of rotatable bonds is 5. The summed E-state index contributed by atoms with van der Waals surface area (Å²) in [6, 6.07) is 22.8. The van der Waals surface area contributed by atoms with Crippen molar-refractivity contribution in [3.05, 3.63) is 174 Å². The highest BCUT2D eigenvalue weighted by molar-refractivity contribution is 5.86. The summed E-state index contributed by atoms with van der Waals surface area (Å²) >= 11 is 0. The van der Waals surface area contributed by atoms with Crippen molar-refractivity contribution in [2.45, 2.75) is 75.2 Å². The van der Waals surface area contributed by atoms with Gasteiger partial charge < -0.3 is 14.4 Å². The molecule has 0 radical (unpaired) electrons. The second-order valence-electron chi connectivity index (χ2n) is 15.8. The molecule has 3 nitrogen and oxygen atoms in total. The zero-order valence-electron chi connectivity index (χ0n) is 30.9. The number of anilines is 1. The molecule has 3 heteroatoms. The van der Waals surface area contributed by atoms with E-state index in [0.717, 1.165) is 49.2 Å². The van der Waals surface area contributed by atoms with Crippen molar-refractivity contribution in [3.8, 4) is 35.0 Å². The smallest absolute Gasteiger partial charge is 0.131 e. The zero-order valence-corrected chi connectivity index (χ0v) is 30.9. The van der Waals surface area contributed by atoms with E-state index in [-0.39, 0.29) is 42.0 Å². The predicted molar refractivity (Wildman–Crippen MR) is 221 cm³/mol. The van der Waals surface area contributed by atoms with Crippen molar-refractivity contribution in [1.29, 1.82) is 0 Å². The fourth-order valence-corrected chi connectivity index (χ4v) is 10.8. The molecule has 0 aromatic heterocycles. The van der Waals surface area contributed by atoms with Gasteiger partial charge in [0.25, 0.3) is 0 Å². The van der Waals surface area contributed by atoms with Gasteiger partial charge in [-0.1, -0.05) is 140 Å². The molecule has 0 spiro atoms. The molecule has 7 aliphatic rings. The van der Waals surface area contributed by atoms with Gasteiger partial charge in [0.2, 0.25) is 0 Å². The highest BCUT2D eigenvalue weighted by Gasteiger charge is 2.52.